The van der Waals surface area contributed by atoms with Gasteiger partial charge in [0.15, 0.2) is 0 Å². The first kappa shape index (κ1) is 10.8. The fourth-order valence-electron chi connectivity index (χ4n) is 0.959. The molecule has 0 amide bonds. The zero-order chi connectivity index (χ0) is 10.4. The number of carbonyl (C=O) groups is 1. The smallest absolute Gasteiger partial charge is 0.338 e. The third kappa shape index (κ3) is 2.90. The minimum Gasteiger partial charge on any atom is -0.462 e. The number of hydrogen-bond acceptors (Lipinski definition) is 2. The lowest BCUT2D eigenvalue weighted by Crippen LogP contribution is -2.03. The average molecular weight is 253 g/mol. The van der Waals surface area contributed by atoms with Crippen molar-refractivity contribution in [3.05, 3.63) is 35.4 Å². The highest BCUT2D eigenvalue weighted by atomic mass is 79.9. The highest BCUT2D eigenvalue weighted by Crippen LogP contribution is 2.05. The molecule has 0 aliphatic heterocycles. The van der Waals surface area contributed by atoms with E-state index in [4.69, 9.17) is 4.74 Å². The molecule has 0 radical (unpaired) electrons. The molecule has 2 nitrogen and oxygen atoms in total. The molecule has 0 saturated carbocycles. The van der Waals surface area contributed by atoms with Gasteiger partial charge in [-0.15, -0.1) is 0 Å². The standard InChI is InChI=1S/C11H9BrO2/c1-2-14-11(13)10-5-3-9(4-6-10)7-8-12/h3-6H,2H2,1H3. The zero-order valence-electron chi connectivity index (χ0n) is 7.71. The van der Waals surface area contributed by atoms with Gasteiger partial charge in [0.2, 0.25) is 0 Å². The van der Waals surface area contributed by atoms with E-state index >= 15 is 0 Å². The van der Waals surface area contributed by atoms with Crippen LogP contribution in [0.3, 0.4) is 0 Å². The van der Waals surface area contributed by atoms with Crippen LogP contribution in [0.2, 0.25) is 0 Å². The quantitative estimate of drug-likeness (QED) is 0.598. The fraction of sp³-hybridized carbons (Fsp3) is 0.182. The van der Waals surface area contributed by atoms with Crippen LogP contribution in [0.4, 0.5) is 0 Å². The molecule has 14 heavy (non-hydrogen) atoms. The molecule has 0 heterocycles. The van der Waals surface area contributed by atoms with E-state index in [1.54, 1.807) is 31.2 Å². The summed E-state index contributed by atoms with van der Waals surface area (Å²) < 4.78 is 4.84. The van der Waals surface area contributed by atoms with Crippen LogP contribution in [0, 0.1) is 10.8 Å². The monoisotopic (exact) mass is 252 g/mol. The summed E-state index contributed by atoms with van der Waals surface area (Å²) in [5.74, 6) is 2.52. The van der Waals surface area contributed by atoms with Gasteiger partial charge in [-0.1, -0.05) is 5.92 Å². The minimum absolute atomic E-state index is 0.300. The summed E-state index contributed by atoms with van der Waals surface area (Å²) in [5, 5.41) is 0. The Hall–Kier alpha value is -1.27. The maximum Gasteiger partial charge on any atom is 0.338 e. The summed E-state index contributed by atoms with van der Waals surface area (Å²) in [4.78, 5) is 13.9. The van der Waals surface area contributed by atoms with Gasteiger partial charge in [0.05, 0.1) is 12.2 Å². The van der Waals surface area contributed by atoms with Crippen LogP contribution < -0.4 is 0 Å². The molecule has 0 aliphatic carbocycles. The van der Waals surface area contributed by atoms with Crippen molar-refractivity contribution in [2.24, 2.45) is 0 Å². The number of benzene rings is 1. The summed E-state index contributed by atoms with van der Waals surface area (Å²) >= 11 is 3.01. The molecule has 0 spiro atoms. The topological polar surface area (TPSA) is 26.3 Å². The molecule has 0 fully saturated rings. The van der Waals surface area contributed by atoms with Gasteiger partial charge in [-0.2, -0.15) is 0 Å². The predicted octanol–water partition coefficient (Wildman–Crippen LogP) is 2.57. The Labute approximate surface area is 91.4 Å². The van der Waals surface area contributed by atoms with Crippen molar-refractivity contribution in [1.29, 1.82) is 0 Å². The number of rotatable bonds is 2. The molecule has 3 heteroatoms. The van der Waals surface area contributed by atoms with Crippen molar-refractivity contribution in [1.82, 2.24) is 0 Å². The summed E-state index contributed by atoms with van der Waals surface area (Å²) in [6.45, 7) is 2.17. The van der Waals surface area contributed by atoms with Crippen molar-refractivity contribution in [3.63, 3.8) is 0 Å². The lowest BCUT2D eigenvalue weighted by atomic mass is 10.1. The Morgan fingerprint density at radius 2 is 2.07 bits per heavy atom. The number of esters is 1. The van der Waals surface area contributed by atoms with Gasteiger partial charge in [0.1, 0.15) is 0 Å². The van der Waals surface area contributed by atoms with Gasteiger partial charge < -0.3 is 4.74 Å². The molecule has 0 unspecified atom stereocenters. The first-order chi connectivity index (χ1) is 6.77. The Morgan fingerprint density at radius 3 is 2.57 bits per heavy atom. The van der Waals surface area contributed by atoms with Crippen molar-refractivity contribution in [2.75, 3.05) is 6.61 Å². The van der Waals surface area contributed by atoms with Crippen LogP contribution in [0.5, 0.6) is 0 Å². The largest absolute Gasteiger partial charge is 0.462 e. The molecule has 0 saturated heterocycles. The normalized spacial score (nSPS) is 8.71. The van der Waals surface area contributed by atoms with Crippen LogP contribution in [-0.2, 0) is 4.74 Å². The average Bonchev–Trinajstić information content (AvgIpc) is 2.20. The van der Waals surface area contributed by atoms with Crippen LogP contribution in [-0.4, -0.2) is 12.6 Å². The van der Waals surface area contributed by atoms with Crippen molar-refractivity contribution < 1.29 is 9.53 Å². The zero-order valence-corrected chi connectivity index (χ0v) is 9.30. The number of halogens is 1. The minimum atomic E-state index is -0.300. The Morgan fingerprint density at radius 1 is 1.43 bits per heavy atom. The van der Waals surface area contributed by atoms with Crippen LogP contribution in [0.1, 0.15) is 22.8 Å². The van der Waals surface area contributed by atoms with Crippen molar-refractivity contribution in [2.45, 2.75) is 6.92 Å². The Bertz CT molecular complexity index is 371. The highest BCUT2D eigenvalue weighted by molar-refractivity contribution is 9.12. The molecule has 0 N–H and O–H groups in total. The van der Waals surface area contributed by atoms with Crippen molar-refractivity contribution >= 4 is 21.9 Å². The number of ether oxygens (including phenoxy) is 1. The summed E-state index contributed by atoms with van der Waals surface area (Å²) in [6, 6.07) is 6.95. The lowest BCUT2D eigenvalue weighted by molar-refractivity contribution is 0.0526. The third-order valence-corrected chi connectivity index (χ3v) is 1.79. The summed E-state index contributed by atoms with van der Waals surface area (Å²) in [7, 11) is 0. The van der Waals surface area contributed by atoms with Crippen LogP contribution in [0.25, 0.3) is 0 Å². The first-order valence-electron chi connectivity index (χ1n) is 4.16. The predicted molar refractivity (Wildman–Crippen MR) is 58.2 cm³/mol. The highest BCUT2D eigenvalue weighted by Gasteiger charge is 2.04. The molecule has 1 rings (SSSR count). The van der Waals surface area contributed by atoms with Gasteiger partial charge in [0.25, 0.3) is 0 Å². The SMILES string of the molecule is CCOC(=O)c1ccc(C#CBr)cc1. The Kier molecular flexibility index (Phi) is 4.21. The molecule has 1 aromatic carbocycles. The molecule has 72 valence electrons. The van der Waals surface area contributed by atoms with E-state index in [-0.39, 0.29) is 5.97 Å². The Balaban J connectivity index is 2.81. The lowest BCUT2D eigenvalue weighted by Gasteiger charge is -2.00. The second-order valence-corrected chi connectivity index (χ2v) is 2.91. The van der Waals surface area contributed by atoms with E-state index in [9.17, 15) is 4.79 Å². The molecule has 0 bridgehead atoms. The van der Waals surface area contributed by atoms with E-state index in [0.29, 0.717) is 12.2 Å². The molecule has 0 aliphatic rings. The van der Waals surface area contributed by atoms with E-state index in [1.807, 2.05) is 0 Å². The van der Waals surface area contributed by atoms with Crippen LogP contribution >= 0.6 is 15.9 Å². The van der Waals surface area contributed by atoms with Gasteiger partial charge in [-0.3, -0.25) is 0 Å². The molecular weight excluding hydrogens is 244 g/mol. The molecule has 0 atom stereocenters. The molecular formula is C11H9BrO2. The van der Waals surface area contributed by atoms with E-state index < -0.39 is 0 Å². The van der Waals surface area contributed by atoms with Gasteiger partial charge in [0, 0.05) is 21.5 Å². The van der Waals surface area contributed by atoms with E-state index in [2.05, 4.69) is 26.7 Å². The van der Waals surface area contributed by atoms with E-state index in [1.165, 1.54) is 0 Å². The molecule has 1 aromatic rings. The maximum absolute atomic E-state index is 11.2. The number of carbonyl (C=O) groups excluding carboxylic acids is 1. The second kappa shape index (κ2) is 5.46. The fourth-order valence-corrected chi connectivity index (χ4v) is 1.19. The maximum atomic E-state index is 11.2. The summed E-state index contributed by atoms with van der Waals surface area (Å²) in [6.07, 6.45) is 0. The van der Waals surface area contributed by atoms with E-state index in [0.717, 1.165) is 5.56 Å². The molecule has 0 aromatic heterocycles. The van der Waals surface area contributed by atoms with Crippen molar-refractivity contribution in [3.8, 4) is 10.8 Å². The van der Waals surface area contributed by atoms with Gasteiger partial charge in [-0.05, 0) is 36.0 Å². The van der Waals surface area contributed by atoms with Crippen LogP contribution in [0.15, 0.2) is 24.3 Å². The third-order valence-electron chi connectivity index (χ3n) is 1.59. The number of hydrogen-bond donors (Lipinski definition) is 0. The first-order valence-corrected chi connectivity index (χ1v) is 4.96. The second-order valence-electron chi connectivity index (χ2n) is 2.52. The summed E-state index contributed by atoms with van der Waals surface area (Å²) in [5.41, 5.74) is 1.40. The van der Waals surface area contributed by atoms with Gasteiger partial charge in [-0.25, -0.2) is 4.79 Å². The van der Waals surface area contributed by atoms with Gasteiger partial charge >= 0.3 is 5.97 Å².